The van der Waals surface area contributed by atoms with E-state index in [1.165, 1.54) is 30.3 Å². The average Bonchev–Trinajstić information content (AvgIpc) is 2.81. The molecule has 0 aliphatic carbocycles. The lowest BCUT2D eigenvalue weighted by Crippen LogP contribution is -2.45. The van der Waals surface area contributed by atoms with Crippen molar-refractivity contribution < 1.29 is 22.7 Å². The minimum absolute atomic E-state index is 0.0478. The zero-order valence-corrected chi connectivity index (χ0v) is 23.2. The Bertz CT molecular complexity index is 1400. The highest BCUT2D eigenvalue weighted by molar-refractivity contribution is 7.92. The first-order chi connectivity index (χ1) is 17.4. The van der Waals surface area contributed by atoms with Crippen LogP contribution in [0.5, 0.6) is 11.5 Å². The molecule has 1 amide bonds. The van der Waals surface area contributed by atoms with E-state index in [0.29, 0.717) is 17.9 Å². The first kappa shape index (κ1) is 27.1. The predicted octanol–water partition coefficient (Wildman–Crippen LogP) is 5.92. The van der Waals surface area contributed by atoms with Gasteiger partial charge in [-0.2, -0.15) is 0 Å². The standard InChI is InChI=1S/C27H28Cl2N2O5S/c1-17-5-8-22(9-6-17)37(33,34)31(20-12-18(28)11-19(29)13-20)16-26(32)30-24-15-27(2,3)36-25-14-21(35-4)7-10-23(24)25/h5-14,24H,15-16H2,1-4H3,(H,30,32). The minimum Gasteiger partial charge on any atom is -0.497 e. The first-order valence-electron chi connectivity index (χ1n) is 11.6. The van der Waals surface area contributed by atoms with Crippen molar-refractivity contribution in [2.75, 3.05) is 18.0 Å². The Balaban J connectivity index is 1.67. The average molecular weight is 564 g/mol. The smallest absolute Gasteiger partial charge is 0.264 e. The van der Waals surface area contributed by atoms with Gasteiger partial charge in [-0.25, -0.2) is 8.42 Å². The van der Waals surface area contributed by atoms with Crippen LogP contribution in [0.15, 0.2) is 65.6 Å². The lowest BCUT2D eigenvalue weighted by Gasteiger charge is -2.38. The summed E-state index contributed by atoms with van der Waals surface area (Å²) < 4.78 is 39.8. The van der Waals surface area contributed by atoms with Gasteiger partial charge in [-0.15, -0.1) is 0 Å². The molecule has 1 unspecified atom stereocenters. The van der Waals surface area contributed by atoms with Crippen LogP contribution < -0.4 is 19.1 Å². The molecule has 0 radical (unpaired) electrons. The molecule has 0 bridgehead atoms. The topological polar surface area (TPSA) is 84.9 Å². The van der Waals surface area contributed by atoms with Gasteiger partial charge in [-0.1, -0.05) is 40.9 Å². The molecule has 1 aliphatic rings. The largest absolute Gasteiger partial charge is 0.497 e. The molecule has 4 rings (SSSR count). The maximum Gasteiger partial charge on any atom is 0.264 e. The van der Waals surface area contributed by atoms with E-state index in [9.17, 15) is 13.2 Å². The Hall–Kier alpha value is -2.94. The molecule has 3 aromatic carbocycles. The van der Waals surface area contributed by atoms with Crippen molar-refractivity contribution in [2.45, 2.75) is 43.7 Å². The van der Waals surface area contributed by atoms with Gasteiger partial charge in [-0.05, 0) is 63.2 Å². The summed E-state index contributed by atoms with van der Waals surface area (Å²) in [5, 5.41) is 3.50. The number of hydrogen-bond donors (Lipinski definition) is 1. The highest BCUT2D eigenvalue weighted by atomic mass is 35.5. The van der Waals surface area contributed by atoms with Gasteiger partial charge in [0.15, 0.2) is 0 Å². The number of nitrogens with zero attached hydrogens (tertiary/aromatic N) is 1. The zero-order valence-electron chi connectivity index (χ0n) is 20.9. The Morgan fingerprint density at radius 2 is 1.73 bits per heavy atom. The van der Waals surface area contributed by atoms with E-state index in [2.05, 4.69) is 5.32 Å². The molecule has 196 valence electrons. The van der Waals surface area contributed by atoms with Crippen molar-refractivity contribution in [1.82, 2.24) is 5.32 Å². The molecule has 1 N–H and O–H groups in total. The van der Waals surface area contributed by atoms with E-state index in [1.807, 2.05) is 26.8 Å². The van der Waals surface area contributed by atoms with Crippen LogP contribution in [-0.4, -0.2) is 33.6 Å². The monoisotopic (exact) mass is 562 g/mol. The third kappa shape index (κ3) is 6.14. The van der Waals surface area contributed by atoms with Crippen LogP contribution in [0.2, 0.25) is 10.0 Å². The van der Waals surface area contributed by atoms with Crippen molar-refractivity contribution in [2.24, 2.45) is 0 Å². The number of fused-ring (bicyclic) bond motifs is 1. The SMILES string of the molecule is COc1ccc2c(c1)OC(C)(C)CC2NC(=O)CN(c1cc(Cl)cc(Cl)c1)S(=O)(=O)c1ccc(C)cc1. The van der Waals surface area contributed by atoms with Gasteiger partial charge in [0.1, 0.15) is 23.6 Å². The number of rotatable bonds is 7. The molecular weight excluding hydrogens is 535 g/mol. The fraction of sp³-hybridized carbons (Fsp3) is 0.296. The summed E-state index contributed by atoms with van der Waals surface area (Å²) in [7, 11) is -2.55. The van der Waals surface area contributed by atoms with Crippen LogP contribution in [0, 0.1) is 6.92 Å². The third-order valence-corrected chi connectivity index (χ3v) is 8.27. The number of benzene rings is 3. The summed E-state index contributed by atoms with van der Waals surface area (Å²) in [4.78, 5) is 13.4. The van der Waals surface area contributed by atoms with Gasteiger partial charge >= 0.3 is 0 Å². The van der Waals surface area contributed by atoms with Crippen LogP contribution >= 0.6 is 23.2 Å². The number of halogens is 2. The summed E-state index contributed by atoms with van der Waals surface area (Å²) in [6.07, 6.45) is 0.492. The quantitative estimate of drug-likeness (QED) is 0.386. The van der Waals surface area contributed by atoms with Gasteiger partial charge in [-0.3, -0.25) is 9.10 Å². The highest BCUT2D eigenvalue weighted by Gasteiger charge is 2.36. The van der Waals surface area contributed by atoms with Crippen molar-refractivity contribution in [3.8, 4) is 11.5 Å². The summed E-state index contributed by atoms with van der Waals surface area (Å²) in [6, 6.07) is 15.8. The molecule has 1 aliphatic heterocycles. The molecule has 0 saturated carbocycles. The van der Waals surface area contributed by atoms with E-state index in [4.69, 9.17) is 32.7 Å². The fourth-order valence-corrected chi connectivity index (χ4v) is 6.21. The number of anilines is 1. The van der Waals surface area contributed by atoms with Gasteiger partial charge in [0.2, 0.25) is 5.91 Å². The summed E-state index contributed by atoms with van der Waals surface area (Å²) in [6.45, 7) is 5.24. The van der Waals surface area contributed by atoms with E-state index in [0.717, 1.165) is 15.4 Å². The van der Waals surface area contributed by atoms with E-state index >= 15 is 0 Å². The second-order valence-corrected chi connectivity index (χ2v) is 12.3. The molecule has 37 heavy (non-hydrogen) atoms. The first-order valence-corrected chi connectivity index (χ1v) is 13.8. The number of carbonyl (C=O) groups excluding carboxylic acids is 1. The van der Waals surface area contributed by atoms with Crippen molar-refractivity contribution in [1.29, 1.82) is 0 Å². The molecule has 0 saturated heterocycles. The summed E-state index contributed by atoms with van der Waals surface area (Å²) >= 11 is 12.4. The van der Waals surface area contributed by atoms with Crippen molar-refractivity contribution in [3.63, 3.8) is 0 Å². The highest BCUT2D eigenvalue weighted by Crippen LogP contribution is 2.41. The number of methoxy groups -OCH3 is 1. The summed E-state index contributed by atoms with van der Waals surface area (Å²) in [5.41, 5.74) is 1.32. The number of aryl methyl sites for hydroxylation is 1. The molecule has 3 aromatic rings. The Morgan fingerprint density at radius 3 is 2.35 bits per heavy atom. The van der Waals surface area contributed by atoms with Crippen LogP contribution in [0.4, 0.5) is 5.69 Å². The molecular formula is C27H28Cl2N2O5S. The number of amides is 1. The number of hydrogen-bond acceptors (Lipinski definition) is 5. The van der Waals surface area contributed by atoms with Crippen LogP contribution in [-0.2, 0) is 14.8 Å². The zero-order chi connectivity index (χ0) is 27.0. The van der Waals surface area contributed by atoms with Crippen LogP contribution in [0.1, 0.15) is 37.4 Å². The third-order valence-electron chi connectivity index (χ3n) is 6.04. The van der Waals surface area contributed by atoms with Gasteiger partial charge in [0, 0.05) is 28.1 Å². The van der Waals surface area contributed by atoms with E-state index < -0.39 is 34.1 Å². The fourth-order valence-electron chi connectivity index (χ4n) is 4.29. The van der Waals surface area contributed by atoms with Crippen LogP contribution in [0.3, 0.4) is 0 Å². The molecule has 0 aromatic heterocycles. The van der Waals surface area contributed by atoms with Crippen molar-refractivity contribution >= 4 is 44.8 Å². The van der Waals surface area contributed by atoms with Gasteiger partial charge in [0.25, 0.3) is 10.0 Å². The van der Waals surface area contributed by atoms with E-state index in [-0.39, 0.29) is 20.6 Å². The normalized spacial score (nSPS) is 16.3. The minimum atomic E-state index is -4.12. The van der Waals surface area contributed by atoms with Crippen molar-refractivity contribution in [3.05, 3.63) is 81.8 Å². The summed E-state index contributed by atoms with van der Waals surface area (Å²) in [5.74, 6) is 0.748. The molecule has 1 heterocycles. The number of sulfonamides is 1. The van der Waals surface area contributed by atoms with E-state index in [1.54, 1.807) is 31.4 Å². The molecule has 10 heteroatoms. The lowest BCUT2D eigenvalue weighted by molar-refractivity contribution is -0.120. The van der Waals surface area contributed by atoms with Gasteiger partial charge in [0.05, 0.1) is 23.7 Å². The molecule has 0 fully saturated rings. The second-order valence-electron chi connectivity index (χ2n) is 9.54. The Kier molecular flexibility index (Phi) is 7.65. The van der Waals surface area contributed by atoms with Gasteiger partial charge < -0.3 is 14.8 Å². The Morgan fingerprint density at radius 1 is 1.08 bits per heavy atom. The maximum atomic E-state index is 13.7. The number of carbonyl (C=O) groups is 1. The Labute approximate surface area is 227 Å². The predicted molar refractivity (Wildman–Crippen MR) is 145 cm³/mol. The number of ether oxygens (including phenoxy) is 2. The maximum absolute atomic E-state index is 13.7. The molecule has 7 nitrogen and oxygen atoms in total. The molecule has 1 atom stereocenters. The lowest BCUT2D eigenvalue weighted by atomic mass is 9.89. The number of nitrogens with one attached hydrogen (secondary N) is 1. The molecule has 0 spiro atoms. The van der Waals surface area contributed by atoms with Crippen LogP contribution in [0.25, 0.3) is 0 Å². The second kappa shape index (κ2) is 10.4.